The molecule has 0 unspecified atom stereocenters. The molecule has 1 amide bonds. The Labute approximate surface area is 161 Å². The minimum Gasteiger partial charge on any atom is -0.304 e. The van der Waals surface area contributed by atoms with Gasteiger partial charge in [0.05, 0.1) is 11.7 Å². The molecule has 2 aromatic heterocycles. The van der Waals surface area contributed by atoms with Crippen LogP contribution in [0.2, 0.25) is 0 Å². The van der Waals surface area contributed by atoms with E-state index in [2.05, 4.69) is 20.6 Å². The van der Waals surface area contributed by atoms with Crippen LogP contribution < -0.4 is 10.9 Å². The van der Waals surface area contributed by atoms with Gasteiger partial charge < -0.3 is 5.32 Å². The highest BCUT2D eigenvalue weighted by atomic mass is 19.1. The number of carbonyl (C=O) groups excluding carboxylic acids is 1. The first-order chi connectivity index (χ1) is 13.6. The minimum atomic E-state index is -0.451. The second-order valence-electron chi connectivity index (χ2n) is 6.26. The summed E-state index contributed by atoms with van der Waals surface area (Å²) in [5.74, 6) is -0.460. The summed E-state index contributed by atoms with van der Waals surface area (Å²) in [4.78, 5) is 24.1. The summed E-state index contributed by atoms with van der Waals surface area (Å²) in [7, 11) is 0. The smallest absolute Gasteiger partial charge is 0.277 e. The quantitative estimate of drug-likeness (QED) is 0.744. The van der Waals surface area contributed by atoms with Gasteiger partial charge >= 0.3 is 0 Å². The highest BCUT2D eigenvalue weighted by Gasteiger charge is 2.26. The second-order valence-corrected chi connectivity index (χ2v) is 6.26. The molecule has 28 heavy (non-hydrogen) atoms. The summed E-state index contributed by atoms with van der Waals surface area (Å²) in [5.41, 5.74) is 0.648. The Kier molecular flexibility index (Phi) is 6.21. The Balaban J connectivity index is 1.57. The molecule has 0 saturated heterocycles. The van der Waals surface area contributed by atoms with Crippen LogP contribution in [0.3, 0.4) is 0 Å². The predicted octanol–water partition coefficient (Wildman–Crippen LogP) is 3.15. The van der Waals surface area contributed by atoms with Crippen LogP contribution in [0.25, 0.3) is 0 Å². The van der Waals surface area contributed by atoms with Crippen molar-refractivity contribution in [3.63, 3.8) is 0 Å². The van der Waals surface area contributed by atoms with Crippen molar-refractivity contribution in [2.75, 3.05) is 5.32 Å². The molecule has 1 saturated carbocycles. The summed E-state index contributed by atoms with van der Waals surface area (Å²) >= 11 is 0. The summed E-state index contributed by atoms with van der Waals surface area (Å²) < 4.78 is 14.3. The standard InChI is InChI=1S/C20H20FN5O2/c1-2-14(21)6-4-3-5-7-15-8-12-18(24-23-15)22-20(28)17-11-13-19(27)26(25-17)16-9-10-16/h2-6,8,11-13,16H,7,9-10H2,1H3,(H,22,24,28)/b5-3+,6-4-,14-2+. The molecule has 8 heteroatoms. The van der Waals surface area contributed by atoms with E-state index in [1.54, 1.807) is 31.2 Å². The van der Waals surface area contributed by atoms with Crippen molar-refractivity contribution in [1.29, 1.82) is 0 Å². The fourth-order valence-electron chi connectivity index (χ4n) is 2.35. The summed E-state index contributed by atoms with van der Waals surface area (Å²) in [6.07, 6.45) is 10.2. The first-order valence-corrected chi connectivity index (χ1v) is 8.95. The van der Waals surface area contributed by atoms with Gasteiger partial charge in [-0.25, -0.2) is 9.07 Å². The lowest BCUT2D eigenvalue weighted by Crippen LogP contribution is -2.25. The number of aromatic nitrogens is 4. The lowest BCUT2D eigenvalue weighted by Gasteiger charge is -2.06. The summed E-state index contributed by atoms with van der Waals surface area (Å²) in [6.45, 7) is 1.62. The maximum Gasteiger partial charge on any atom is 0.277 e. The SMILES string of the molecule is C\C=C(F)/C=C\C=C\Cc1ccc(NC(=O)c2ccc(=O)n(C3CC3)n2)nn1. The molecule has 0 aliphatic heterocycles. The molecule has 1 aliphatic rings. The fraction of sp³-hybridized carbons (Fsp3) is 0.250. The zero-order chi connectivity index (χ0) is 19.9. The van der Waals surface area contributed by atoms with E-state index in [9.17, 15) is 14.0 Å². The molecule has 1 aliphatic carbocycles. The number of nitrogens with one attached hydrogen (secondary N) is 1. The highest BCUT2D eigenvalue weighted by molar-refractivity contribution is 6.02. The number of allylic oxidation sites excluding steroid dienone is 6. The van der Waals surface area contributed by atoms with Crippen molar-refractivity contribution < 1.29 is 9.18 Å². The third kappa shape index (κ3) is 5.29. The number of hydrogen-bond acceptors (Lipinski definition) is 5. The maximum atomic E-state index is 12.9. The van der Waals surface area contributed by atoms with Crippen LogP contribution in [-0.4, -0.2) is 25.9 Å². The van der Waals surface area contributed by atoms with Crippen LogP contribution in [-0.2, 0) is 6.42 Å². The van der Waals surface area contributed by atoms with Crippen LogP contribution in [0.15, 0.2) is 65.3 Å². The first-order valence-electron chi connectivity index (χ1n) is 8.95. The number of amides is 1. The molecule has 0 aromatic carbocycles. The zero-order valence-corrected chi connectivity index (χ0v) is 15.4. The molecule has 3 rings (SSSR count). The molecule has 0 spiro atoms. The van der Waals surface area contributed by atoms with Gasteiger partial charge in [0.15, 0.2) is 5.82 Å². The van der Waals surface area contributed by atoms with Crippen LogP contribution in [0.1, 0.15) is 42.0 Å². The molecule has 1 N–H and O–H groups in total. The van der Waals surface area contributed by atoms with E-state index in [1.165, 1.54) is 29.0 Å². The van der Waals surface area contributed by atoms with Gasteiger partial charge in [0.25, 0.3) is 11.5 Å². The molecule has 1 fully saturated rings. The Morgan fingerprint density at radius 3 is 2.75 bits per heavy atom. The molecule has 2 heterocycles. The van der Waals surface area contributed by atoms with Gasteiger partial charge in [0.1, 0.15) is 11.5 Å². The van der Waals surface area contributed by atoms with Gasteiger partial charge in [-0.05, 0) is 44.0 Å². The van der Waals surface area contributed by atoms with E-state index in [1.807, 2.05) is 6.08 Å². The third-order valence-corrected chi connectivity index (χ3v) is 4.02. The second kappa shape index (κ2) is 8.98. The minimum absolute atomic E-state index is 0.0942. The number of halogens is 1. The highest BCUT2D eigenvalue weighted by Crippen LogP contribution is 2.32. The monoisotopic (exact) mass is 381 g/mol. The Morgan fingerprint density at radius 1 is 1.25 bits per heavy atom. The average molecular weight is 381 g/mol. The molecule has 2 aromatic rings. The van der Waals surface area contributed by atoms with Gasteiger partial charge in [-0.1, -0.05) is 24.3 Å². The molecule has 0 radical (unpaired) electrons. The van der Waals surface area contributed by atoms with E-state index in [0.717, 1.165) is 12.8 Å². The lowest BCUT2D eigenvalue weighted by atomic mass is 10.2. The third-order valence-electron chi connectivity index (χ3n) is 4.02. The normalized spacial score (nSPS) is 14.7. The van der Waals surface area contributed by atoms with Gasteiger partial charge in [-0.2, -0.15) is 10.2 Å². The number of rotatable bonds is 7. The topological polar surface area (TPSA) is 89.8 Å². The number of carbonyl (C=O) groups is 1. The van der Waals surface area contributed by atoms with Gasteiger partial charge in [-0.3, -0.25) is 9.59 Å². The fourth-order valence-corrected chi connectivity index (χ4v) is 2.35. The number of hydrogen-bond donors (Lipinski definition) is 1. The Bertz CT molecular complexity index is 988. The van der Waals surface area contributed by atoms with Crippen molar-refractivity contribution >= 4 is 11.7 Å². The first kappa shape index (κ1) is 19.3. The van der Waals surface area contributed by atoms with E-state index >= 15 is 0 Å². The lowest BCUT2D eigenvalue weighted by molar-refractivity contribution is 0.101. The molecule has 7 nitrogen and oxygen atoms in total. The Hall–Kier alpha value is -3.42. The van der Waals surface area contributed by atoms with Crippen molar-refractivity contribution in [2.24, 2.45) is 0 Å². The Morgan fingerprint density at radius 2 is 2.07 bits per heavy atom. The molecule has 0 atom stereocenters. The van der Waals surface area contributed by atoms with Crippen molar-refractivity contribution in [1.82, 2.24) is 20.0 Å². The van der Waals surface area contributed by atoms with E-state index < -0.39 is 5.91 Å². The summed E-state index contributed by atoms with van der Waals surface area (Å²) in [5, 5.41) is 14.8. The molecular formula is C20H20FN5O2. The largest absolute Gasteiger partial charge is 0.304 e. The van der Waals surface area contributed by atoms with Crippen LogP contribution in [0.4, 0.5) is 10.2 Å². The van der Waals surface area contributed by atoms with Crippen LogP contribution >= 0.6 is 0 Å². The average Bonchev–Trinajstić information content (AvgIpc) is 3.54. The van der Waals surface area contributed by atoms with Gasteiger partial charge in [0, 0.05) is 12.5 Å². The number of nitrogens with zero attached hydrogens (tertiary/aromatic N) is 4. The van der Waals surface area contributed by atoms with Gasteiger partial charge in [0.2, 0.25) is 0 Å². The molecular weight excluding hydrogens is 361 g/mol. The van der Waals surface area contributed by atoms with E-state index in [0.29, 0.717) is 17.9 Å². The van der Waals surface area contributed by atoms with Crippen molar-refractivity contribution in [3.05, 3.63) is 82.2 Å². The van der Waals surface area contributed by atoms with Crippen molar-refractivity contribution in [3.8, 4) is 0 Å². The predicted molar refractivity (Wildman–Crippen MR) is 104 cm³/mol. The van der Waals surface area contributed by atoms with Crippen LogP contribution in [0.5, 0.6) is 0 Å². The van der Waals surface area contributed by atoms with Crippen LogP contribution in [0, 0.1) is 0 Å². The zero-order valence-electron chi connectivity index (χ0n) is 15.4. The molecule has 0 bridgehead atoms. The maximum absolute atomic E-state index is 12.9. The van der Waals surface area contributed by atoms with E-state index in [-0.39, 0.29) is 23.1 Å². The van der Waals surface area contributed by atoms with Crippen molar-refractivity contribution in [2.45, 2.75) is 32.2 Å². The molecule has 144 valence electrons. The summed E-state index contributed by atoms with van der Waals surface area (Å²) in [6, 6.07) is 6.21. The van der Waals surface area contributed by atoms with Gasteiger partial charge in [-0.15, -0.1) is 5.10 Å². The number of anilines is 1. The van der Waals surface area contributed by atoms with E-state index in [4.69, 9.17) is 0 Å².